The number of carboxylic acid groups (broad SMARTS) is 1. The van der Waals surface area contributed by atoms with Gasteiger partial charge in [0.25, 0.3) is 5.91 Å². The molecule has 3 aromatic rings. The molecule has 0 spiro atoms. The molecule has 2 aliphatic rings. The number of aromatic nitrogens is 2. The van der Waals surface area contributed by atoms with Crippen molar-refractivity contribution in [2.24, 2.45) is 0 Å². The molecule has 0 aliphatic carbocycles. The number of aliphatic carboxylic acids is 1. The highest BCUT2D eigenvalue weighted by Gasteiger charge is 2.38. The van der Waals surface area contributed by atoms with Crippen molar-refractivity contribution in [2.75, 3.05) is 69.6 Å². The zero-order valence-electron chi connectivity index (χ0n) is 28.2. The van der Waals surface area contributed by atoms with E-state index in [-0.39, 0.29) is 55.4 Å². The number of likely N-dealkylation sites (N-methyl/N-ethyl adjacent to an activating group) is 1. The largest absolute Gasteiger partial charge is 0.495 e. The normalized spacial score (nSPS) is 16.8. The molecule has 1 saturated heterocycles. The molecule has 0 saturated carbocycles. The molecule has 0 radical (unpaired) electrons. The average Bonchev–Trinajstić information content (AvgIpc) is 3.35. The Morgan fingerprint density at radius 1 is 1.08 bits per heavy atom. The number of carbonyl (C=O) groups is 2. The van der Waals surface area contributed by atoms with Gasteiger partial charge >= 0.3 is 19.7 Å². The van der Waals surface area contributed by atoms with Gasteiger partial charge in [0.2, 0.25) is 5.95 Å². The summed E-state index contributed by atoms with van der Waals surface area (Å²) in [6.45, 7) is 5.12. The fourth-order valence-electron chi connectivity index (χ4n) is 5.98. The van der Waals surface area contributed by atoms with Crippen LogP contribution in [0, 0.1) is 0 Å². The highest BCUT2D eigenvalue weighted by molar-refractivity contribution is 7.53. The lowest BCUT2D eigenvalue weighted by molar-refractivity contribution is -0.143. The first-order valence-corrected chi connectivity index (χ1v) is 17.5. The van der Waals surface area contributed by atoms with E-state index >= 15 is 0 Å². The quantitative estimate of drug-likeness (QED) is 0.189. The number of halogens is 3. The van der Waals surface area contributed by atoms with Crippen LogP contribution in [-0.4, -0.2) is 96.8 Å². The average molecular weight is 722 g/mol. The summed E-state index contributed by atoms with van der Waals surface area (Å²) >= 11 is 0. The first-order chi connectivity index (χ1) is 23.7. The van der Waals surface area contributed by atoms with Gasteiger partial charge in [-0.2, -0.15) is 18.2 Å². The number of anilines is 5. The molecule has 14 nitrogen and oxygen atoms in total. The van der Waals surface area contributed by atoms with Crippen molar-refractivity contribution in [3.05, 3.63) is 58.8 Å². The second-order valence-corrected chi connectivity index (χ2v) is 13.8. The highest BCUT2D eigenvalue weighted by Crippen LogP contribution is 2.52. The lowest BCUT2D eigenvalue weighted by Crippen LogP contribution is -2.55. The summed E-state index contributed by atoms with van der Waals surface area (Å²) in [6, 6.07) is 7.23. The number of carbonyl (C=O) groups excluding carboxylic acids is 1. The van der Waals surface area contributed by atoms with Crippen molar-refractivity contribution in [2.45, 2.75) is 38.8 Å². The Bertz CT molecular complexity index is 1800. The molecule has 50 heavy (non-hydrogen) atoms. The third kappa shape index (κ3) is 7.80. The van der Waals surface area contributed by atoms with Crippen molar-refractivity contribution in [1.82, 2.24) is 19.8 Å². The van der Waals surface area contributed by atoms with E-state index in [2.05, 4.69) is 20.6 Å². The zero-order valence-corrected chi connectivity index (χ0v) is 29.1. The Kier molecular flexibility index (Phi) is 10.9. The van der Waals surface area contributed by atoms with Crippen LogP contribution in [0.4, 0.5) is 42.0 Å². The van der Waals surface area contributed by atoms with E-state index in [0.717, 1.165) is 0 Å². The first kappa shape index (κ1) is 36.8. The Morgan fingerprint density at radius 3 is 2.42 bits per heavy atom. The number of benzene rings is 2. The van der Waals surface area contributed by atoms with E-state index in [4.69, 9.17) is 13.8 Å². The molecule has 5 rings (SSSR count). The second-order valence-electron chi connectivity index (χ2n) is 11.8. The van der Waals surface area contributed by atoms with Crippen molar-refractivity contribution >= 4 is 48.3 Å². The molecule has 1 atom stereocenters. The number of piperazine rings is 1. The number of ether oxygens (including phenoxy) is 1. The highest BCUT2D eigenvalue weighted by atomic mass is 31.2. The van der Waals surface area contributed by atoms with Gasteiger partial charge in [-0.1, -0.05) is 6.07 Å². The Balaban J connectivity index is 1.47. The van der Waals surface area contributed by atoms with Gasteiger partial charge in [-0.3, -0.25) is 19.1 Å². The van der Waals surface area contributed by atoms with Crippen molar-refractivity contribution in [3.63, 3.8) is 0 Å². The number of nitrogens with one attached hydrogen (secondary N) is 2. The van der Waals surface area contributed by atoms with Crippen LogP contribution < -0.4 is 20.3 Å². The van der Waals surface area contributed by atoms with E-state index < -0.39 is 43.1 Å². The Labute approximate surface area is 287 Å². The van der Waals surface area contributed by atoms with Gasteiger partial charge in [0.05, 0.1) is 43.4 Å². The number of nitrogens with zero attached hydrogens (tertiary/aromatic N) is 5. The lowest BCUT2D eigenvalue weighted by atomic mass is 10.0. The Hall–Kier alpha value is -4.44. The molecule has 0 bridgehead atoms. The number of fused-ring (bicyclic) bond motifs is 1. The SMILES string of the molecule is CCOP(=O)(Cc1ccc(Nc2ncc(C(F)(F)F)c(Nc3ccc(N4CCN(C)C(C(=O)O)C4)c4c3C(=O)N(C)C4)n2)c(OC)c1)OCC. The van der Waals surface area contributed by atoms with Crippen molar-refractivity contribution < 1.29 is 46.2 Å². The molecule has 18 heteroatoms. The van der Waals surface area contributed by atoms with E-state index in [1.54, 1.807) is 57.1 Å². The topological polar surface area (TPSA) is 159 Å². The number of amides is 1. The van der Waals surface area contributed by atoms with E-state index in [1.807, 2.05) is 4.90 Å². The summed E-state index contributed by atoms with van der Waals surface area (Å²) in [5, 5.41) is 15.3. The van der Waals surface area contributed by atoms with Gasteiger partial charge in [-0.05, 0) is 50.7 Å². The van der Waals surface area contributed by atoms with Gasteiger partial charge < -0.3 is 39.3 Å². The number of alkyl halides is 3. The second kappa shape index (κ2) is 14.8. The van der Waals surface area contributed by atoms with Gasteiger partial charge in [-0.15, -0.1) is 0 Å². The summed E-state index contributed by atoms with van der Waals surface area (Å²) < 4.78 is 72.0. The molecule has 1 unspecified atom stereocenters. The summed E-state index contributed by atoms with van der Waals surface area (Å²) in [7, 11) is 1.29. The fourth-order valence-corrected chi connectivity index (χ4v) is 7.66. The smallest absolute Gasteiger partial charge is 0.421 e. The van der Waals surface area contributed by atoms with Crippen LogP contribution in [0.3, 0.4) is 0 Å². The molecular weight excluding hydrogens is 682 g/mol. The van der Waals surface area contributed by atoms with Crippen LogP contribution >= 0.6 is 7.60 Å². The zero-order chi connectivity index (χ0) is 36.4. The molecule has 1 amide bonds. The van der Waals surface area contributed by atoms with Gasteiger partial charge in [0.1, 0.15) is 23.2 Å². The first-order valence-electron chi connectivity index (χ1n) is 15.8. The van der Waals surface area contributed by atoms with Crippen LogP contribution in [0.25, 0.3) is 0 Å². The summed E-state index contributed by atoms with van der Waals surface area (Å²) in [5.74, 6) is -1.90. The maximum Gasteiger partial charge on any atom is 0.421 e. The molecule has 2 aromatic carbocycles. The minimum atomic E-state index is -4.84. The van der Waals surface area contributed by atoms with Crippen LogP contribution in [0.5, 0.6) is 5.75 Å². The summed E-state index contributed by atoms with van der Waals surface area (Å²) in [5.41, 5.74) is 1.22. The molecule has 270 valence electrons. The lowest BCUT2D eigenvalue weighted by Gasteiger charge is -2.39. The summed E-state index contributed by atoms with van der Waals surface area (Å²) in [4.78, 5) is 38.3. The molecule has 1 fully saturated rings. The van der Waals surface area contributed by atoms with Crippen LogP contribution in [-0.2, 0) is 37.3 Å². The van der Waals surface area contributed by atoms with E-state index in [0.29, 0.717) is 41.8 Å². The number of carboxylic acids is 1. The maximum absolute atomic E-state index is 14.2. The third-order valence-electron chi connectivity index (χ3n) is 8.41. The molecule has 3 N–H and O–H groups in total. The summed E-state index contributed by atoms with van der Waals surface area (Å²) in [6.07, 6.45) is -4.23. The van der Waals surface area contributed by atoms with Gasteiger partial charge in [0.15, 0.2) is 0 Å². The number of hydrogen-bond donors (Lipinski definition) is 3. The van der Waals surface area contributed by atoms with Crippen molar-refractivity contribution in [1.29, 1.82) is 0 Å². The predicted molar refractivity (Wildman–Crippen MR) is 180 cm³/mol. The number of hydrogen-bond acceptors (Lipinski definition) is 12. The molecule has 3 heterocycles. The molecule has 2 aliphatic heterocycles. The number of methoxy groups -OCH3 is 1. The van der Waals surface area contributed by atoms with E-state index in [9.17, 15) is 32.4 Å². The van der Waals surface area contributed by atoms with Gasteiger partial charge in [-0.25, -0.2) is 4.98 Å². The maximum atomic E-state index is 14.2. The fraction of sp³-hybridized carbons (Fsp3) is 0.438. The number of rotatable bonds is 13. The molecule has 1 aromatic heterocycles. The minimum Gasteiger partial charge on any atom is -0.495 e. The predicted octanol–water partition coefficient (Wildman–Crippen LogP) is 5.55. The van der Waals surface area contributed by atoms with Crippen LogP contribution in [0.15, 0.2) is 36.5 Å². The van der Waals surface area contributed by atoms with Crippen LogP contribution in [0.1, 0.15) is 40.9 Å². The van der Waals surface area contributed by atoms with Crippen LogP contribution in [0.2, 0.25) is 0 Å². The monoisotopic (exact) mass is 721 g/mol. The molecular formula is C32H39F3N7O7P. The minimum absolute atomic E-state index is 0.0257. The van der Waals surface area contributed by atoms with E-state index in [1.165, 1.54) is 18.1 Å². The third-order valence-corrected chi connectivity index (χ3v) is 10.5. The van der Waals surface area contributed by atoms with Crippen molar-refractivity contribution in [3.8, 4) is 5.75 Å². The van der Waals surface area contributed by atoms with Gasteiger partial charge in [0, 0.05) is 50.7 Å². The standard InChI is InChI=1S/C32H39F3N7O7P/c1-6-48-50(46,49-7-2)18-19-8-9-22(26(14-19)47-5)38-31-36-15-21(32(33,34)35)28(39-31)37-23-10-11-24(20-16-41(4)29(43)27(20)23)42-13-12-40(3)25(17-42)30(44)45/h8-11,14-15,25H,6-7,12-13,16-18H2,1-5H3,(H,44,45)(H2,36,37,38,39). The Morgan fingerprint density at radius 2 is 1.78 bits per heavy atom.